The minimum Gasteiger partial charge on any atom is -0.497 e. The Morgan fingerprint density at radius 1 is 0.926 bits per heavy atom. The number of nitrogens with zero attached hydrogens (tertiary/aromatic N) is 1. The molecule has 0 fully saturated rings. The molecule has 0 heterocycles. The molecule has 0 aliphatic carbocycles. The molecule has 0 spiro atoms. The lowest BCUT2D eigenvalue weighted by molar-refractivity contribution is -0.136. The molecule has 0 amide bonds. The molecule has 0 aliphatic rings. The van der Waals surface area contributed by atoms with E-state index in [0.717, 1.165) is 11.1 Å². The maximum absolute atomic E-state index is 12.8. The number of methoxy groups -OCH3 is 2. The lowest BCUT2D eigenvalue weighted by Gasteiger charge is -2.24. The van der Waals surface area contributed by atoms with Crippen molar-refractivity contribution in [3.63, 3.8) is 0 Å². The second-order valence-corrected chi connectivity index (χ2v) is 8.24. The second kappa shape index (κ2) is 8.88. The highest BCUT2D eigenvalue weighted by Crippen LogP contribution is 2.21. The van der Waals surface area contributed by atoms with Crippen LogP contribution in [0.5, 0.6) is 11.5 Å². The SMILES string of the molecule is COc1ccc(CN(Cc2ccc(OC)cc2)S(=O)(=O)[C@@H](C)C(=O)O)cc1. The minimum absolute atomic E-state index is 0.0516. The largest absolute Gasteiger partial charge is 0.497 e. The molecular weight excluding hydrogens is 370 g/mol. The van der Waals surface area contributed by atoms with Gasteiger partial charge in [0.1, 0.15) is 11.5 Å². The van der Waals surface area contributed by atoms with Crippen molar-refractivity contribution in [2.45, 2.75) is 25.3 Å². The molecule has 1 atom stereocenters. The van der Waals surface area contributed by atoms with Crippen molar-refractivity contribution in [1.29, 1.82) is 0 Å². The summed E-state index contributed by atoms with van der Waals surface area (Å²) in [5.74, 6) is -0.0751. The van der Waals surface area contributed by atoms with Gasteiger partial charge in [-0.3, -0.25) is 4.79 Å². The van der Waals surface area contributed by atoms with E-state index in [4.69, 9.17) is 9.47 Å². The summed E-state index contributed by atoms with van der Waals surface area (Å²) in [4.78, 5) is 11.3. The number of aliphatic carboxylic acids is 1. The maximum atomic E-state index is 12.8. The normalized spacial score (nSPS) is 12.6. The third kappa shape index (κ3) is 5.21. The van der Waals surface area contributed by atoms with Gasteiger partial charge in [-0.25, -0.2) is 8.42 Å². The van der Waals surface area contributed by atoms with Crippen LogP contribution in [-0.2, 0) is 27.9 Å². The smallest absolute Gasteiger partial charge is 0.323 e. The predicted molar refractivity (Wildman–Crippen MR) is 101 cm³/mol. The van der Waals surface area contributed by atoms with Gasteiger partial charge < -0.3 is 14.6 Å². The molecule has 27 heavy (non-hydrogen) atoms. The number of carbonyl (C=O) groups is 1. The van der Waals surface area contributed by atoms with Crippen LogP contribution in [0, 0.1) is 0 Å². The van der Waals surface area contributed by atoms with E-state index >= 15 is 0 Å². The summed E-state index contributed by atoms with van der Waals surface area (Å²) >= 11 is 0. The van der Waals surface area contributed by atoms with Crippen molar-refractivity contribution in [2.24, 2.45) is 0 Å². The van der Waals surface area contributed by atoms with Gasteiger partial charge >= 0.3 is 5.97 Å². The Morgan fingerprint density at radius 3 is 1.59 bits per heavy atom. The molecule has 0 aromatic heterocycles. The first-order valence-electron chi connectivity index (χ1n) is 8.25. The van der Waals surface area contributed by atoms with Crippen molar-refractivity contribution in [1.82, 2.24) is 4.31 Å². The number of carboxylic acid groups (broad SMARTS) is 1. The monoisotopic (exact) mass is 393 g/mol. The molecule has 0 saturated heterocycles. The highest BCUT2D eigenvalue weighted by atomic mass is 32.2. The average Bonchev–Trinajstić information content (AvgIpc) is 2.67. The summed E-state index contributed by atoms with van der Waals surface area (Å²) in [5, 5.41) is 7.65. The first-order valence-corrected chi connectivity index (χ1v) is 9.76. The molecule has 7 nitrogen and oxygen atoms in total. The van der Waals surface area contributed by atoms with E-state index in [1.165, 1.54) is 11.2 Å². The van der Waals surface area contributed by atoms with E-state index in [2.05, 4.69) is 0 Å². The molecule has 0 saturated carbocycles. The Morgan fingerprint density at radius 2 is 1.30 bits per heavy atom. The van der Waals surface area contributed by atoms with Crippen LogP contribution in [0.1, 0.15) is 18.1 Å². The average molecular weight is 393 g/mol. The first kappa shape index (κ1) is 20.7. The van der Waals surface area contributed by atoms with Crippen LogP contribution in [0.15, 0.2) is 48.5 Å². The van der Waals surface area contributed by atoms with Crippen LogP contribution < -0.4 is 9.47 Å². The van der Waals surface area contributed by atoms with Crippen molar-refractivity contribution in [2.75, 3.05) is 14.2 Å². The Bertz CT molecular complexity index is 813. The van der Waals surface area contributed by atoms with Crippen LogP contribution in [0.3, 0.4) is 0 Å². The summed E-state index contributed by atoms with van der Waals surface area (Å²) in [5.41, 5.74) is 1.45. The Hall–Kier alpha value is -2.58. The van der Waals surface area contributed by atoms with Gasteiger partial charge in [0, 0.05) is 13.1 Å². The highest BCUT2D eigenvalue weighted by molar-refractivity contribution is 7.90. The molecule has 0 bridgehead atoms. The molecule has 0 unspecified atom stereocenters. The number of carboxylic acids is 1. The zero-order chi connectivity index (χ0) is 20.0. The number of rotatable bonds is 9. The summed E-state index contributed by atoms with van der Waals surface area (Å²) in [6.07, 6.45) is 0. The zero-order valence-corrected chi connectivity index (χ0v) is 16.3. The fourth-order valence-electron chi connectivity index (χ4n) is 2.46. The zero-order valence-electron chi connectivity index (χ0n) is 15.5. The van der Waals surface area contributed by atoms with E-state index in [1.54, 1.807) is 62.8 Å². The topological polar surface area (TPSA) is 93.1 Å². The first-order chi connectivity index (χ1) is 12.8. The van der Waals surface area contributed by atoms with Crippen molar-refractivity contribution in [3.8, 4) is 11.5 Å². The fourth-order valence-corrected chi connectivity index (χ4v) is 3.82. The van der Waals surface area contributed by atoms with E-state index in [9.17, 15) is 18.3 Å². The summed E-state index contributed by atoms with van der Waals surface area (Å²) < 4.78 is 37.0. The van der Waals surface area contributed by atoms with Crippen LogP contribution in [0.4, 0.5) is 0 Å². The van der Waals surface area contributed by atoms with E-state index in [0.29, 0.717) is 11.5 Å². The van der Waals surface area contributed by atoms with E-state index in [1.807, 2.05) is 0 Å². The molecule has 2 aromatic rings. The standard InChI is InChI=1S/C19H23NO6S/c1-14(19(21)22)27(23,24)20(12-15-4-8-17(25-2)9-5-15)13-16-6-10-18(26-3)11-7-16/h4-11,14H,12-13H2,1-3H3,(H,21,22)/t14-/m0/s1. The molecular formula is C19H23NO6S. The van der Waals surface area contributed by atoms with E-state index < -0.39 is 21.2 Å². The fraction of sp³-hybridized carbons (Fsp3) is 0.316. The van der Waals surface area contributed by atoms with Crippen LogP contribution in [0.2, 0.25) is 0 Å². The second-order valence-electron chi connectivity index (χ2n) is 5.99. The van der Waals surface area contributed by atoms with Gasteiger partial charge in [0.15, 0.2) is 5.25 Å². The lowest BCUT2D eigenvalue weighted by Crippen LogP contribution is -2.40. The Labute approximate surface area is 159 Å². The molecule has 146 valence electrons. The van der Waals surface area contributed by atoms with Crippen molar-refractivity contribution in [3.05, 3.63) is 59.7 Å². The van der Waals surface area contributed by atoms with Crippen LogP contribution >= 0.6 is 0 Å². The Kier molecular flexibility index (Phi) is 6.81. The van der Waals surface area contributed by atoms with Crippen molar-refractivity contribution >= 4 is 16.0 Å². The quantitative estimate of drug-likeness (QED) is 0.704. The van der Waals surface area contributed by atoms with Crippen molar-refractivity contribution < 1.29 is 27.8 Å². The van der Waals surface area contributed by atoms with E-state index in [-0.39, 0.29) is 13.1 Å². The van der Waals surface area contributed by atoms with Gasteiger partial charge in [-0.05, 0) is 42.3 Å². The molecule has 2 rings (SSSR count). The number of hydrogen-bond acceptors (Lipinski definition) is 5. The van der Waals surface area contributed by atoms with Crippen LogP contribution in [0.25, 0.3) is 0 Å². The summed E-state index contributed by atoms with van der Waals surface area (Å²) in [7, 11) is -0.966. The number of hydrogen-bond donors (Lipinski definition) is 1. The molecule has 8 heteroatoms. The molecule has 1 N–H and O–H groups in total. The minimum atomic E-state index is -4.06. The summed E-state index contributed by atoms with van der Waals surface area (Å²) in [6, 6.07) is 13.9. The number of sulfonamides is 1. The van der Waals surface area contributed by atoms with Crippen LogP contribution in [-0.4, -0.2) is 43.3 Å². The van der Waals surface area contributed by atoms with Gasteiger partial charge in [-0.2, -0.15) is 4.31 Å². The lowest BCUT2D eigenvalue weighted by atomic mass is 10.2. The molecule has 2 aromatic carbocycles. The third-order valence-corrected chi connectivity index (χ3v) is 6.26. The van der Waals surface area contributed by atoms with Gasteiger partial charge in [-0.15, -0.1) is 0 Å². The highest BCUT2D eigenvalue weighted by Gasteiger charge is 2.34. The van der Waals surface area contributed by atoms with Gasteiger partial charge in [0.25, 0.3) is 0 Å². The molecule has 0 aliphatic heterocycles. The van der Waals surface area contributed by atoms with Gasteiger partial charge in [0.2, 0.25) is 10.0 Å². The van der Waals surface area contributed by atoms with Gasteiger partial charge in [-0.1, -0.05) is 24.3 Å². The Balaban J connectivity index is 2.32. The predicted octanol–water partition coefficient (Wildman–Crippen LogP) is 2.51. The maximum Gasteiger partial charge on any atom is 0.323 e. The molecule has 0 radical (unpaired) electrons. The number of benzene rings is 2. The number of ether oxygens (including phenoxy) is 2. The third-order valence-electron chi connectivity index (χ3n) is 4.19. The summed E-state index contributed by atoms with van der Waals surface area (Å²) in [6.45, 7) is 1.28. The van der Waals surface area contributed by atoms with Gasteiger partial charge in [0.05, 0.1) is 14.2 Å².